The lowest BCUT2D eigenvalue weighted by molar-refractivity contribution is -0.121. The van der Waals surface area contributed by atoms with Gasteiger partial charge in [0.1, 0.15) is 5.82 Å². The maximum atomic E-state index is 13.1. The van der Waals surface area contributed by atoms with Crippen molar-refractivity contribution in [2.24, 2.45) is 5.92 Å². The number of nitrogens with one attached hydrogen (secondary N) is 1. The van der Waals surface area contributed by atoms with Gasteiger partial charge in [-0.1, -0.05) is 22.8 Å². The van der Waals surface area contributed by atoms with Gasteiger partial charge in [0, 0.05) is 23.7 Å². The standard InChI is InChI=1S/C20H18ClFN4O4S/c21-15-5-1-3-13(11-15)19-24-25-20(30-19)23-18(27)14-4-2-10-26(12-14)31(28,29)17-8-6-16(22)7-9-17/h1,3,5-9,11,14H,2,4,10,12H2,(H,23,25,27). The highest BCUT2D eigenvalue weighted by Crippen LogP contribution is 2.26. The number of aromatic nitrogens is 2. The first kappa shape index (κ1) is 21.4. The first-order valence-corrected chi connectivity index (χ1v) is 11.3. The van der Waals surface area contributed by atoms with Crippen LogP contribution in [0.15, 0.2) is 57.8 Å². The fourth-order valence-electron chi connectivity index (χ4n) is 3.35. The topological polar surface area (TPSA) is 105 Å². The molecule has 31 heavy (non-hydrogen) atoms. The van der Waals surface area contributed by atoms with Crippen molar-refractivity contribution in [3.05, 3.63) is 59.4 Å². The van der Waals surface area contributed by atoms with Crippen LogP contribution in [-0.4, -0.2) is 41.9 Å². The molecule has 1 amide bonds. The van der Waals surface area contributed by atoms with Gasteiger partial charge in [0.2, 0.25) is 21.8 Å². The Morgan fingerprint density at radius 1 is 1.19 bits per heavy atom. The average molecular weight is 465 g/mol. The second-order valence-corrected chi connectivity index (χ2v) is 9.44. The smallest absolute Gasteiger partial charge is 0.322 e. The Bertz CT molecular complexity index is 1200. The maximum absolute atomic E-state index is 13.1. The van der Waals surface area contributed by atoms with Crippen molar-refractivity contribution in [1.82, 2.24) is 14.5 Å². The van der Waals surface area contributed by atoms with Crippen molar-refractivity contribution in [2.75, 3.05) is 18.4 Å². The molecule has 2 heterocycles. The van der Waals surface area contributed by atoms with Crippen LogP contribution in [0.3, 0.4) is 0 Å². The highest BCUT2D eigenvalue weighted by molar-refractivity contribution is 7.89. The summed E-state index contributed by atoms with van der Waals surface area (Å²) in [4.78, 5) is 12.7. The summed E-state index contributed by atoms with van der Waals surface area (Å²) in [6, 6.07) is 11.4. The van der Waals surface area contributed by atoms with Crippen LogP contribution in [0.4, 0.5) is 10.4 Å². The van der Waals surface area contributed by atoms with Gasteiger partial charge >= 0.3 is 6.01 Å². The number of amides is 1. The molecule has 0 spiro atoms. The fourth-order valence-corrected chi connectivity index (χ4v) is 5.06. The summed E-state index contributed by atoms with van der Waals surface area (Å²) in [6.07, 6.45) is 1.02. The van der Waals surface area contributed by atoms with Crippen LogP contribution >= 0.6 is 11.6 Å². The molecular weight excluding hydrogens is 447 g/mol. The van der Waals surface area contributed by atoms with E-state index in [9.17, 15) is 17.6 Å². The van der Waals surface area contributed by atoms with Gasteiger partial charge in [-0.25, -0.2) is 12.8 Å². The number of carbonyl (C=O) groups is 1. The van der Waals surface area contributed by atoms with Crippen molar-refractivity contribution in [2.45, 2.75) is 17.7 Å². The molecule has 2 aromatic carbocycles. The minimum absolute atomic E-state index is 0.000824. The molecule has 1 N–H and O–H groups in total. The van der Waals surface area contributed by atoms with Crippen molar-refractivity contribution in [3.8, 4) is 11.5 Å². The summed E-state index contributed by atoms with van der Waals surface area (Å²) in [5, 5.41) is 10.8. The molecule has 1 fully saturated rings. The summed E-state index contributed by atoms with van der Waals surface area (Å²) in [5.74, 6) is -1.33. The molecule has 1 aliphatic rings. The molecule has 1 atom stereocenters. The van der Waals surface area contributed by atoms with Crippen LogP contribution < -0.4 is 5.32 Å². The van der Waals surface area contributed by atoms with E-state index < -0.39 is 27.7 Å². The summed E-state index contributed by atoms with van der Waals surface area (Å²) in [7, 11) is -3.83. The molecule has 162 valence electrons. The van der Waals surface area contributed by atoms with Gasteiger partial charge in [-0.05, 0) is 55.3 Å². The van der Waals surface area contributed by atoms with Gasteiger partial charge < -0.3 is 4.42 Å². The van der Waals surface area contributed by atoms with Crippen LogP contribution in [0.1, 0.15) is 12.8 Å². The third kappa shape index (κ3) is 4.76. The molecule has 8 nitrogen and oxygen atoms in total. The van der Waals surface area contributed by atoms with Gasteiger partial charge in [0.05, 0.1) is 10.8 Å². The molecule has 0 radical (unpaired) electrons. The van der Waals surface area contributed by atoms with Crippen LogP contribution in [-0.2, 0) is 14.8 Å². The zero-order chi connectivity index (χ0) is 22.0. The van der Waals surface area contributed by atoms with E-state index in [2.05, 4.69) is 15.5 Å². The average Bonchev–Trinajstić information content (AvgIpc) is 3.23. The number of anilines is 1. The van der Waals surface area contributed by atoms with Gasteiger partial charge in [-0.15, -0.1) is 5.10 Å². The van der Waals surface area contributed by atoms with Crippen molar-refractivity contribution in [3.63, 3.8) is 0 Å². The van der Waals surface area contributed by atoms with E-state index in [1.54, 1.807) is 24.3 Å². The van der Waals surface area contributed by atoms with Crippen LogP contribution in [0.5, 0.6) is 0 Å². The zero-order valence-electron chi connectivity index (χ0n) is 16.2. The lowest BCUT2D eigenvalue weighted by Gasteiger charge is -2.30. The molecule has 1 saturated heterocycles. The highest BCUT2D eigenvalue weighted by Gasteiger charge is 2.33. The van der Waals surface area contributed by atoms with Gasteiger partial charge in [0.15, 0.2) is 0 Å². The Labute approximate surface area is 183 Å². The summed E-state index contributed by atoms with van der Waals surface area (Å²) < 4.78 is 45.5. The number of benzene rings is 2. The number of sulfonamides is 1. The number of piperidine rings is 1. The molecule has 0 saturated carbocycles. The maximum Gasteiger partial charge on any atom is 0.322 e. The number of carbonyl (C=O) groups excluding carboxylic acids is 1. The monoisotopic (exact) mass is 464 g/mol. The quantitative estimate of drug-likeness (QED) is 0.618. The van der Waals surface area contributed by atoms with E-state index in [0.717, 1.165) is 12.1 Å². The molecule has 1 unspecified atom stereocenters. The Kier molecular flexibility index (Phi) is 6.03. The second-order valence-electron chi connectivity index (χ2n) is 7.07. The van der Waals surface area contributed by atoms with Gasteiger partial charge in [-0.2, -0.15) is 4.31 Å². The number of rotatable bonds is 5. The third-order valence-corrected chi connectivity index (χ3v) is 7.05. The second kappa shape index (κ2) is 8.74. The van der Waals surface area contributed by atoms with Crippen molar-refractivity contribution in [1.29, 1.82) is 0 Å². The van der Waals surface area contributed by atoms with Crippen molar-refractivity contribution >= 4 is 33.5 Å². The molecular formula is C20H18ClFN4O4S. The summed E-state index contributed by atoms with van der Waals surface area (Å²) in [5.41, 5.74) is 0.606. The van der Waals surface area contributed by atoms with Gasteiger partial charge in [-0.3, -0.25) is 10.1 Å². The summed E-state index contributed by atoms with van der Waals surface area (Å²) >= 11 is 5.96. The normalized spacial score (nSPS) is 17.4. The predicted molar refractivity (Wildman–Crippen MR) is 111 cm³/mol. The Balaban J connectivity index is 1.44. The zero-order valence-corrected chi connectivity index (χ0v) is 17.7. The van der Waals surface area contributed by atoms with E-state index in [4.69, 9.17) is 16.0 Å². The Morgan fingerprint density at radius 2 is 1.97 bits per heavy atom. The lowest BCUT2D eigenvalue weighted by Crippen LogP contribution is -2.43. The van der Waals surface area contributed by atoms with Gasteiger partial charge in [0.25, 0.3) is 0 Å². The lowest BCUT2D eigenvalue weighted by atomic mass is 9.99. The number of halogens is 2. The largest absolute Gasteiger partial charge is 0.403 e. The number of hydrogen-bond donors (Lipinski definition) is 1. The molecule has 11 heteroatoms. The molecule has 4 rings (SSSR count). The van der Waals surface area contributed by atoms with Crippen molar-refractivity contribution < 1.29 is 22.0 Å². The first-order chi connectivity index (χ1) is 14.8. The number of nitrogens with zero attached hydrogens (tertiary/aromatic N) is 3. The molecule has 1 aliphatic heterocycles. The van der Waals surface area contributed by atoms with Crippen LogP contribution in [0.2, 0.25) is 5.02 Å². The van der Waals surface area contributed by atoms with E-state index >= 15 is 0 Å². The van der Waals surface area contributed by atoms with E-state index in [-0.39, 0.29) is 29.9 Å². The number of hydrogen-bond acceptors (Lipinski definition) is 6. The summed E-state index contributed by atoms with van der Waals surface area (Å²) in [6.45, 7) is 0.282. The highest BCUT2D eigenvalue weighted by atomic mass is 35.5. The predicted octanol–water partition coefficient (Wildman–Crippen LogP) is 3.57. The third-order valence-electron chi connectivity index (χ3n) is 4.93. The molecule has 3 aromatic rings. The van der Waals surface area contributed by atoms with E-state index in [1.165, 1.54) is 16.4 Å². The first-order valence-electron chi connectivity index (χ1n) is 9.49. The fraction of sp³-hybridized carbons (Fsp3) is 0.250. The van der Waals surface area contributed by atoms with Crippen LogP contribution in [0.25, 0.3) is 11.5 Å². The molecule has 0 aliphatic carbocycles. The SMILES string of the molecule is O=C(Nc1nnc(-c2cccc(Cl)c2)o1)C1CCCN(S(=O)(=O)c2ccc(F)cc2)C1. The minimum Gasteiger partial charge on any atom is -0.403 e. The van der Waals surface area contributed by atoms with E-state index in [1.807, 2.05) is 0 Å². The van der Waals surface area contributed by atoms with Crippen LogP contribution in [0, 0.1) is 11.7 Å². The molecule has 0 bridgehead atoms. The minimum atomic E-state index is -3.83. The van der Waals surface area contributed by atoms with E-state index in [0.29, 0.717) is 23.4 Å². The Morgan fingerprint density at radius 3 is 2.71 bits per heavy atom. The molecule has 1 aromatic heterocycles. The Hall–Kier alpha value is -2.82.